The minimum Gasteiger partial charge on any atom is -0.462 e. The Morgan fingerprint density at radius 1 is 0.261 bits per heavy atom. The SMILES string of the molecule is CC/C=C\C/C=C\C/C=C\C/C=C\CCCCCCCCCCCCCCCCCCCCCCCCCCC(=O)OC(CO)COC(=O)CCCCCCCCCCCCCCCCCCCCCCCCCCCCCCC/C=C\C/C=C\CCCCCCC. The fourth-order valence-electron chi connectivity index (χ4n) is 12.8. The van der Waals surface area contributed by atoms with Crippen molar-refractivity contribution >= 4 is 11.9 Å². The van der Waals surface area contributed by atoms with Crippen molar-refractivity contribution in [1.29, 1.82) is 0 Å². The molecule has 5 nitrogen and oxygen atoms in total. The molecule has 0 aliphatic heterocycles. The first-order chi connectivity index (χ1) is 45.6. The molecule has 538 valence electrons. The highest BCUT2D eigenvalue weighted by atomic mass is 16.6. The molecule has 0 amide bonds. The van der Waals surface area contributed by atoms with Crippen LogP contribution in [0.5, 0.6) is 0 Å². The summed E-state index contributed by atoms with van der Waals surface area (Å²) in [7, 11) is 0. The second-order valence-electron chi connectivity index (χ2n) is 28.2. The lowest BCUT2D eigenvalue weighted by atomic mass is 10.0. The first-order valence-corrected chi connectivity index (χ1v) is 41.5. The fraction of sp³-hybridized carbons (Fsp3) is 0.839. The molecule has 1 atom stereocenters. The molecule has 92 heavy (non-hydrogen) atoms. The average molecular weight is 1290 g/mol. The van der Waals surface area contributed by atoms with Crippen LogP contribution in [0.4, 0.5) is 0 Å². The van der Waals surface area contributed by atoms with Gasteiger partial charge in [0.1, 0.15) is 6.61 Å². The van der Waals surface area contributed by atoms with Gasteiger partial charge in [0.2, 0.25) is 0 Å². The van der Waals surface area contributed by atoms with Gasteiger partial charge in [0.25, 0.3) is 0 Å². The van der Waals surface area contributed by atoms with Crippen LogP contribution in [0.1, 0.15) is 450 Å². The monoisotopic (exact) mass is 1290 g/mol. The molecule has 0 aliphatic carbocycles. The van der Waals surface area contributed by atoms with E-state index in [1.165, 1.54) is 360 Å². The zero-order valence-electron chi connectivity index (χ0n) is 62.1. The maximum atomic E-state index is 12.4. The molecule has 0 heterocycles. The van der Waals surface area contributed by atoms with Gasteiger partial charge < -0.3 is 14.6 Å². The quantitative estimate of drug-likeness (QED) is 0.0373. The summed E-state index contributed by atoms with van der Waals surface area (Å²) in [6, 6.07) is 0. The zero-order valence-corrected chi connectivity index (χ0v) is 62.1. The predicted molar refractivity (Wildman–Crippen MR) is 408 cm³/mol. The van der Waals surface area contributed by atoms with Gasteiger partial charge in [-0.25, -0.2) is 0 Å². The normalized spacial score (nSPS) is 12.5. The topological polar surface area (TPSA) is 72.8 Å². The van der Waals surface area contributed by atoms with Crippen molar-refractivity contribution in [3.8, 4) is 0 Å². The summed E-state index contributed by atoms with van der Waals surface area (Å²) in [6.07, 6.45) is 116. The van der Waals surface area contributed by atoms with Crippen molar-refractivity contribution in [1.82, 2.24) is 0 Å². The highest BCUT2D eigenvalue weighted by Crippen LogP contribution is 2.20. The number of carbonyl (C=O) groups excluding carboxylic acids is 2. The zero-order chi connectivity index (χ0) is 66.1. The minimum absolute atomic E-state index is 0.0596. The number of rotatable bonds is 78. The van der Waals surface area contributed by atoms with Crippen LogP contribution in [0, 0.1) is 0 Å². The number of aliphatic hydroxyl groups excluding tert-OH is 1. The van der Waals surface area contributed by atoms with E-state index < -0.39 is 6.10 Å². The van der Waals surface area contributed by atoms with Crippen molar-refractivity contribution in [2.24, 2.45) is 0 Å². The number of hydrogen-bond acceptors (Lipinski definition) is 5. The molecule has 0 radical (unpaired) electrons. The minimum atomic E-state index is -0.772. The van der Waals surface area contributed by atoms with E-state index in [9.17, 15) is 14.7 Å². The second kappa shape index (κ2) is 82.6. The molecule has 0 saturated carbocycles. The maximum absolute atomic E-state index is 12.4. The van der Waals surface area contributed by atoms with E-state index in [0.717, 1.165) is 64.2 Å². The summed E-state index contributed by atoms with van der Waals surface area (Å²) in [5, 5.41) is 9.74. The summed E-state index contributed by atoms with van der Waals surface area (Å²) >= 11 is 0. The molecule has 0 spiro atoms. The first-order valence-electron chi connectivity index (χ1n) is 41.5. The van der Waals surface area contributed by atoms with Gasteiger partial charge in [0.05, 0.1) is 6.61 Å². The third kappa shape index (κ3) is 79.8. The molecule has 0 bridgehead atoms. The third-order valence-electron chi connectivity index (χ3n) is 19.0. The maximum Gasteiger partial charge on any atom is 0.306 e. The van der Waals surface area contributed by atoms with Gasteiger partial charge in [-0.3, -0.25) is 9.59 Å². The van der Waals surface area contributed by atoms with Gasteiger partial charge in [-0.05, 0) is 83.5 Å². The number of aliphatic hydroxyl groups is 1. The Labute approximate surface area is 575 Å². The number of unbranched alkanes of at least 4 members (excludes halogenated alkanes) is 58. The number of esters is 2. The highest BCUT2D eigenvalue weighted by Gasteiger charge is 2.16. The third-order valence-corrected chi connectivity index (χ3v) is 19.0. The molecule has 0 fully saturated rings. The van der Waals surface area contributed by atoms with Crippen LogP contribution >= 0.6 is 0 Å². The van der Waals surface area contributed by atoms with Crippen molar-refractivity contribution in [2.45, 2.75) is 457 Å². The summed E-state index contributed by atoms with van der Waals surface area (Å²) < 4.78 is 10.8. The Bertz CT molecular complexity index is 1600. The van der Waals surface area contributed by atoms with E-state index in [0.29, 0.717) is 12.8 Å². The van der Waals surface area contributed by atoms with E-state index in [1.807, 2.05) is 0 Å². The molecule has 0 aromatic heterocycles. The molecule has 0 aromatic carbocycles. The van der Waals surface area contributed by atoms with Crippen LogP contribution in [0.3, 0.4) is 0 Å². The second-order valence-corrected chi connectivity index (χ2v) is 28.2. The average Bonchev–Trinajstić information content (AvgIpc) is 3.70. The lowest BCUT2D eigenvalue weighted by molar-refractivity contribution is -0.161. The van der Waals surface area contributed by atoms with Gasteiger partial charge in [-0.2, -0.15) is 0 Å². The lowest BCUT2D eigenvalue weighted by Gasteiger charge is -2.15. The first kappa shape index (κ1) is 89.3. The fourth-order valence-corrected chi connectivity index (χ4v) is 12.8. The molecule has 0 aliphatic rings. The lowest BCUT2D eigenvalue weighted by Crippen LogP contribution is -2.28. The van der Waals surface area contributed by atoms with Crippen LogP contribution in [-0.4, -0.2) is 36.4 Å². The summed E-state index contributed by atoms with van der Waals surface area (Å²) in [5.74, 6) is -0.563. The molecular formula is C87H160O5. The van der Waals surface area contributed by atoms with E-state index in [1.54, 1.807) is 0 Å². The van der Waals surface area contributed by atoms with Crippen molar-refractivity contribution < 1.29 is 24.2 Å². The van der Waals surface area contributed by atoms with Crippen LogP contribution < -0.4 is 0 Å². The highest BCUT2D eigenvalue weighted by molar-refractivity contribution is 5.70. The standard InChI is InChI=1S/C87H160O5/c1-3-5-7-9-11-13-15-17-19-21-23-25-27-29-31-33-35-37-39-41-42-43-44-46-47-49-51-53-55-57-59-61-63-65-67-69-71-73-75-77-79-81-86(89)91-84-85(83-88)92-87(90)82-80-78-76-74-72-70-68-66-64-62-60-58-56-54-52-50-48-45-40-38-36-34-32-30-28-26-24-22-20-18-16-14-12-10-8-6-4-2/h6,8,12,14-15,17-18,20-21,23-24,26,85,88H,3-5,7,9-11,13,16,19,22,25,27-84H2,1-2H3/b8-6-,14-12-,17-15-,20-18-,23-21-,26-24-. The van der Waals surface area contributed by atoms with E-state index in [2.05, 4.69) is 86.8 Å². The van der Waals surface area contributed by atoms with Crippen molar-refractivity contribution in [2.75, 3.05) is 13.2 Å². The number of hydrogen-bond donors (Lipinski definition) is 1. The Kier molecular flexibility index (Phi) is 80.2. The van der Waals surface area contributed by atoms with Gasteiger partial charge in [0.15, 0.2) is 6.10 Å². The van der Waals surface area contributed by atoms with Gasteiger partial charge in [-0.1, -0.05) is 427 Å². The molecule has 0 aromatic rings. The molecule has 1 unspecified atom stereocenters. The van der Waals surface area contributed by atoms with E-state index in [-0.39, 0.29) is 25.2 Å². The number of carbonyl (C=O) groups is 2. The Balaban J connectivity index is 3.36. The van der Waals surface area contributed by atoms with Crippen LogP contribution in [0.25, 0.3) is 0 Å². The van der Waals surface area contributed by atoms with E-state index in [4.69, 9.17) is 9.47 Å². The van der Waals surface area contributed by atoms with Gasteiger partial charge >= 0.3 is 11.9 Å². The Morgan fingerprint density at radius 3 is 0.707 bits per heavy atom. The van der Waals surface area contributed by atoms with Gasteiger partial charge in [-0.15, -0.1) is 0 Å². The van der Waals surface area contributed by atoms with Crippen molar-refractivity contribution in [3.05, 3.63) is 72.9 Å². The Morgan fingerprint density at radius 2 is 0.467 bits per heavy atom. The summed E-state index contributed by atoms with van der Waals surface area (Å²) in [4.78, 5) is 24.7. The number of ether oxygens (including phenoxy) is 2. The molecule has 0 saturated heterocycles. The molecule has 0 rings (SSSR count). The smallest absolute Gasteiger partial charge is 0.306 e. The largest absolute Gasteiger partial charge is 0.462 e. The van der Waals surface area contributed by atoms with Crippen molar-refractivity contribution in [3.63, 3.8) is 0 Å². The summed E-state index contributed by atoms with van der Waals surface area (Å²) in [5.41, 5.74) is 0. The van der Waals surface area contributed by atoms with Crippen LogP contribution in [0.15, 0.2) is 72.9 Å². The van der Waals surface area contributed by atoms with Crippen LogP contribution in [-0.2, 0) is 19.1 Å². The molecule has 5 heteroatoms. The predicted octanol–water partition coefficient (Wildman–Crippen LogP) is 29.3. The molecule has 1 N–H and O–H groups in total. The number of allylic oxidation sites excluding steroid dienone is 12. The molecular weight excluding hydrogens is 1120 g/mol. The van der Waals surface area contributed by atoms with Crippen LogP contribution in [0.2, 0.25) is 0 Å². The van der Waals surface area contributed by atoms with E-state index >= 15 is 0 Å². The Hall–Kier alpha value is -2.66. The van der Waals surface area contributed by atoms with Gasteiger partial charge in [0, 0.05) is 12.8 Å². The summed E-state index contributed by atoms with van der Waals surface area (Å²) in [6.45, 7) is 4.08.